The van der Waals surface area contributed by atoms with Crippen LogP contribution in [0.15, 0.2) is 54.0 Å². The van der Waals surface area contributed by atoms with Crippen LogP contribution >= 0.6 is 22.9 Å². The Morgan fingerprint density at radius 1 is 1.14 bits per heavy atom. The molecule has 5 heteroatoms. The van der Waals surface area contributed by atoms with E-state index in [9.17, 15) is 4.79 Å². The summed E-state index contributed by atoms with van der Waals surface area (Å²) < 4.78 is 1.38. The van der Waals surface area contributed by atoms with Gasteiger partial charge in [-0.3, -0.25) is 4.79 Å². The summed E-state index contributed by atoms with van der Waals surface area (Å²) in [5.41, 5.74) is 1.29. The Balaban J connectivity index is 1.88. The van der Waals surface area contributed by atoms with E-state index in [1.165, 1.54) is 4.68 Å². The smallest absolute Gasteiger partial charge is 0.267 e. The fourth-order valence-corrected chi connectivity index (χ4v) is 2.62. The standard InChI is InChI=1S/C16H11ClN2OS/c17-13-5-3-12(4-6-13)16(20)19-14(9-10-18-19)7-8-15-2-1-11-21-15/h1-11H. The molecule has 0 atom stereocenters. The zero-order valence-corrected chi connectivity index (χ0v) is 12.5. The van der Waals surface area contributed by atoms with Crippen LogP contribution in [0.5, 0.6) is 0 Å². The number of carbonyl (C=O) groups excluding carboxylic acids is 1. The van der Waals surface area contributed by atoms with Gasteiger partial charge in [0, 0.05) is 15.5 Å². The number of nitrogens with zero attached hydrogens (tertiary/aromatic N) is 2. The zero-order valence-electron chi connectivity index (χ0n) is 10.9. The van der Waals surface area contributed by atoms with Crippen LogP contribution in [0.3, 0.4) is 0 Å². The molecule has 0 saturated carbocycles. The second kappa shape index (κ2) is 6.08. The van der Waals surface area contributed by atoms with Crippen LogP contribution in [0.1, 0.15) is 20.9 Å². The molecular formula is C16H11ClN2OS. The summed E-state index contributed by atoms with van der Waals surface area (Å²) in [5.74, 6) is -0.178. The highest BCUT2D eigenvalue weighted by Gasteiger charge is 2.11. The summed E-state index contributed by atoms with van der Waals surface area (Å²) in [6.45, 7) is 0. The van der Waals surface area contributed by atoms with Gasteiger partial charge in [0.25, 0.3) is 5.91 Å². The van der Waals surface area contributed by atoms with E-state index in [-0.39, 0.29) is 5.91 Å². The number of halogens is 1. The molecular weight excluding hydrogens is 304 g/mol. The molecule has 0 fully saturated rings. The van der Waals surface area contributed by atoms with Gasteiger partial charge in [-0.15, -0.1) is 11.3 Å². The van der Waals surface area contributed by atoms with E-state index in [1.807, 2.05) is 29.7 Å². The fraction of sp³-hybridized carbons (Fsp3) is 0. The third-order valence-corrected chi connectivity index (χ3v) is 4.01. The molecule has 0 aliphatic heterocycles. The summed E-state index contributed by atoms with van der Waals surface area (Å²) in [7, 11) is 0. The molecule has 0 spiro atoms. The lowest BCUT2D eigenvalue weighted by molar-refractivity contribution is 0.0944. The van der Waals surface area contributed by atoms with Crippen molar-refractivity contribution in [2.45, 2.75) is 0 Å². The molecule has 21 heavy (non-hydrogen) atoms. The highest BCUT2D eigenvalue weighted by Crippen LogP contribution is 2.15. The molecule has 0 radical (unpaired) electrons. The normalized spacial score (nSPS) is 11.1. The van der Waals surface area contributed by atoms with Gasteiger partial charge in [-0.05, 0) is 53.9 Å². The summed E-state index contributed by atoms with van der Waals surface area (Å²) in [6, 6.07) is 12.6. The molecule has 0 unspecified atom stereocenters. The number of hydrogen-bond donors (Lipinski definition) is 0. The van der Waals surface area contributed by atoms with Crippen molar-refractivity contribution in [3.63, 3.8) is 0 Å². The Kier molecular flexibility index (Phi) is 3.99. The van der Waals surface area contributed by atoms with Gasteiger partial charge in [0.1, 0.15) is 0 Å². The van der Waals surface area contributed by atoms with Gasteiger partial charge >= 0.3 is 0 Å². The maximum Gasteiger partial charge on any atom is 0.278 e. The van der Waals surface area contributed by atoms with Crippen LogP contribution in [0, 0.1) is 0 Å². The Labute approximate surface area is 131 Å². The monoisotopic (exact) mass is 314 g/mol. The van der Waals surface area contributed by atoms with Crippen LogP contribution < -0.4 is 0 Å². The van der Waals surface area contributed by atoms with Gasteiger partial charge in [-0.25, -0.2) is 0 Å². The van der Waals surface area contributed by atoms with Crippen molar-refractivity contribution >= 4 is 41.0 Å². The lowest BCUT2D eigenvalue weighted by atomic mass is 10.2. The number of benzene rings is 1. The number of carbonyl (C=O) groups is 1. The van der Waals surface area contributed by atoms with E-state index in [1.54, 1.807) is 47.9 Å². The minimum absolute atomic E-state index is 0.178. The van der Waals surface area contributed by atoms with Crippen LogP contribution in [0.25, 0.3) is 12.2 Å². The number of aromatic nitrogens is 2. The van der Waals surface area contributed by atoms with Gasteiger partial charge in [-0.1, -0.05) is 17.7 Å². The Hall–Kier alpha value is -2.17. The highest BCUT2D eigenvalue weighted by atomic mass is 35.5. The van der Waals surface area contributed by atoms with E-state index >= 15 is 0 Å². The van der Waals surface area contributed by atoms with Gasteiger partial charge in [0.05, 0.1) is 11.9 Å². The number of rotatable bonds is 3. The van der Waals surface area contributed by atoms with Crippen LogP contribution in [0.4, 0.5) is 0 Å². The third-order valence-electron chi connectivity index (χ3n) is 2.92. The van der Waals surface area contributed by atoms with Crippen molar-refractivity contribution in [1.29, 1.82) is 0 Å². The average molecular weight is 315 g/mol. The van der Waals surface area contributed by atoms with Gasteiger partial charge in [0.15, 0.2) is 0 Å². The largest absolute Gasteiger partial charge is 0.278 e. The fourth-order valence-electron chi connectivity index (χ4n) is 1.88. The third kappa shape index (κ3) is 3.12. The molecule has 2 aromatic heterocycles. The predicted molar refractivity (Wildman–Crippen MR) is 86.7 cm³/mol. The molecule has 2 heterocycles. The molecule has 3 aromatic rings. The van der Waals surface area contributed by atoms with E-state index in [2.05, 4.69) is 5.10 Å². The minimum Gasteiger partial charge on any atom is -0.267 e. The average Bonchev–Trinajstić information content (AvgIpc) is 3.16. The van der Waals surface area contributed by atoms with Crippen LogP contribution in [-0.4, -0.2) is 15.7 Å². The summed E-state index contributed by atoms with van der Waals surface area (Å²) in [6.07, 6.45) is 5.46. The highest BCUT2D eigenvalue weighted by molar-refractivity contribution is 7.10. The Morgan fingerprint density at radius 2 is 1.95 bits per heavy atom. The molecule has 0 N–H and O–H groups in total. The molecule has 0 amide bonds. The van der Waals surface area contributed by atoms with Gasteiger partial charge < -0.3 is 0 Å². The molecule has 0 aliphatic carbocycles. The second-order valence-corrected chi connectivity index (χ2v) is 5.74. The van der Waals surface area contributed by atoms with E-state index < -0.39 is 0 Å². The molecule has 3 nitrogen and oxygen atoms in total. The van der Waals surface area contributed by atoms with Crippen molar-refractivity contribution < 1.29 is 4.79 Å². The predicted octanol–water partition coefficient (Wildman–Crippen LogP) is 4.46. The first-order chi connectivity index (χ1) is 10.2. The number of hydrogen-bond acceptors (Lipinski definition) is 3. The maximum absolute atomic E-state index is 12.4. The summed E-state index contributed by atoms with van der Waals surface area (Å²) >= 11 is 7.48. The van der Waals surface area contributed by atoms with Crippen LogP contribution in [0.2, 0.25) is 5.02 Å². The first kappa shape index (κ1) is 13.8. The van der Waals surface area contributed by atoms with E-state index in [4.69, 9.17) is 11.6 Å². The number of thiophene rings is 1. The first-order valence-electron chi connectivity index (χ1n) is 6.30. The SMILES string of the molecule is O=C(c1ccc(Cl)cc1)n1nccc1C=Cc1cccs1. The van der Waals surface area contributed by atoms with Crippen molar-refractivity contribution in [2.75, 3.05) is 0 Å². The molecule has 0 bridgehead atoms. The van der Waals surface area contributed by atoms with Crippen molar-refractivity contribution in [2.24, 2.45) is 0 Å². The quantitative estimate of drug-likeness (QED) is 0.715. The maximum atomic E-state index is 12.4. The second-order valence-electron chi connectivity index (χ2n) is 4.33. The summed E-state index contributed by atoms with van der Waals surface area (Å²) in [4.78, 5) is 13.6. The Bertz CT molecular complexity index is 773. The molecule has 3 rings (SSSR count). The topological polar surface area (TPSA) is 34.9 Å². The van der Waals surface area contributed by atoms with E-state index in [0.717, 1.165) is 10.6 Å². The van der Waals surface area contributed by atoms with Gasteiger partial charge in [-0.2, -0.15) is 9.78 Å². The van der Waals surface area contributed by atoms with Crippen molar-refractivity contribution in [1.82, 2.24) is 9.78 Å². The molecule has 0 aliphatic rings. The minimum atomic E-state index is -0.178. The molecule has 0 saturated heterocycles. The Morgan fingerprint density at radius 3 is 2.67 bits per heavy atom. The first-order valence-corrected chi connectivity index (χ1v) is 7.56. The van der Waals surface area contributed by atoms with Crippen LogP contribution in [-0.2, 0) is 0 Å². The van der Waals surface area contributed by atoms with E-state index in [0.29, 0.717) is 10.6 Å². The lowest BCUT2D eigenvalue weighted by Gasteiger charge is -2.03. The molecule has 104 valence electrons. The lowest BCUT2D eigenvalue weighted by Crippen LogP contribution is -2.14. The molecule has 1 aromatic carbocycles. The van der Waals surface area contributed by atoms with Crippen molar-refractivity contribution in [3.05, 3.63) is 75.2 Å². The van der Waals surface area contributed by atoms with Crippen molar-refractivity contribution in [3.8, 4) is 0 Å². The summed E-state index contributed by atoms with van der Waals surface area (Å²) in [5, 5.41) is 6.71. The zero-order chi connectivity index (χ0) is 14.7. The van der Waals surface area contributed by atoms with Gasteiger partial charge in [0.2, 0.25) is 0 Å².